The number of nitrogens with zero attached hydrogens (tertiary/aromatic N) is 1. The lowest BCUT2D eigenvalue weighted by Gasteiger charge is -2.17. The molecule has 0 spiro atoms. The minimum Gasteiger partial charge on any atom is -0.493 e. The molecular formula is C20H27ClIN3O3. The summed E-state index contributed by atoms with van der Waals surface area (Å²) >= 11 is 6.19. The molecule has 2 aromatic rings. The Balaban J connectivity index is 0.00000392. The predicted octanol–water partition coefficient (Wildman–Crippen LogP) is 3.89. The second kappa shape index (κ2) is 12.6. The van der Waals surface area contributed by atoms with E-state index in [2.05, 4.69) is 15.6 Å². The molecule has 0 saturated heterocycles. The second-order valence-corrected chi connectivity index (χ2v) is 6.09. The van der Waals surface area contributed by atoms with E-state index in [4.69, 9.17) is 25.8 Å². The molecule has 28 heavy (non-hydrogen) atoms. The van der Waals surface area contributed by atoms with E-state index in [1.54, 1.807) is 28.4 Å². The summed E-state index contributed by atoms with van der Waals surface area (Å²) in [5, 5.41) is 7.29. The van der Waals surface area contributed by atoms with Crippen LogP contribution in [0.5, 0.6) is 17.2 Å². The number of methoxy groups -OCH3 is 3. The van der Waals surface area contributed by atoms with E-state index in [1.165, 1.54) is 0 Å². The standard InChI is InChI=1S/C20H26ClN3O3.HI/c1-22-20(24-13-15-7-5-6-8-16(15)21)23-12-11-14-9-10-17(25-2)19(27-4)18(14)26-3;/h5-10H,11-13H2,1-4H3,(H2,22,23,24);1H. The molecule has 0 aliphatic carbocycles. The highest BCUT2D eigenvalue weighted by Crippen LogP contribution is 2.39. The monoisotopic (exact) mass is 519 g/mol. The number of aliphatic imine (C=N–C) groups is 1. The van der Waals surface area contributed by atoms with Crippen molar-refractivity contribution in [2.75, 3.05) is 34.9 Å². The molecule has 154 valence electrons. The normalized spacial score (nSPS) is 10.7. The van der Waals surface area contributed by atoms with Crippen molar-refractivity contribution in [3.8, 4) is 17.2 Å². The fraction of sp³-hybridized carbons (Fsp3) is 0.350. The van der Waals surface area contributed by atoms with E-state index in [0.29, 0.717) is 36.3 Å². The van der Waals surface area contributed by atoms with E-state index < -0.39 is 0 Å². The summed E-state index contributed by atoms with van der Waals surface area (Å²) in [6.45, 7) is 1.27. The quantitative estimate of drug-likeness (QED) is 0.315. The third kappa shape index (κ3) is 6.34. The van der Waals surface area contributed by atoms with Crippen molar-refractivity contribution in [2.24, 2.45) is 4.99 Å². The van der Waals surface area contributed by atoms with Crippen LogP contribution in [0.25, 0.3) is 0 Å². The van der Waals surface area contributed by atoms with Crippen molar-refractivity contribution >= 4 is 41.5 Å². The maximum absolute atomic E-state index is 6.19. The first-order valence-electron chi connectivity index (χ1n) is 8.60. The lowest BCUT2D eigenvalue weighted by atomic mass is 10.1. The van der Waals surface area contributed by atoms with Gasteiger partial charge in [-0.05, 0) is 24.1 Å². The van der Waals surface area contributed by atoms with E-state index in [9.17, 15) is 0 Å². The highest BCUT2D eigenvalue weighted by molar-refractivity contribution is 14.0. The topological polar surface area (TPSA) is 64.1 Å². The van der Waals surface area contributed by atoms with Crippen LogP contribution in [0.4, 0.5) is 0 Å². The number of hydrogen-bond acceptors (Lipinski definition) is 4. The lowest BCUT2D eigenvalue weighted by Crippen LogP contribution is -2.37. The molecule has 2 rings (SSSR count). The van der Waals surface area contributed by atoms with Gasteiger partial charge in [0.25, 0.3) is 0 Å². The van der Waals surface area contributed by atoms with Crippen LogP contribution in [-0.4, -0.2) is 40.9 Å². The minimum atomic E-state index is 0. The molecule has 0 aliphatic heterocycles. The average Bonchev–Trinajstić information content (AvgIpc) is 2.70. The van der Waals surface area contributed by atoms with Crippen LogP contribution in [-0.2, 0) is 13.0 Å². The van der Waals surface area contributed by atoms with Gasteiger partial charge < -0.3 is 24.8 Å². The first-order valence-corrected chi connectivity index (χ1v) is 8.98. The zero-order valence-corrected chi connectivity index (χ0v) is 19.6. The molecule has 0 unspecified atom stereocenters. The van der Waals surface area contributed by atoms with Gasteiger partial charge >= 0.3 is 0 Å². The Kier molecular flexibility index (Phi) is 10.8. The van der Waals surface area contributed by atoms with Crippen molar-refractivity contribution in [1.29, 1.82) is 0 Å². The first kappa shape index (κ1) is 24.2. The number of hydrogen-bond donors (Lipinski definition) is 2. The van der Waals surface area contributed by atoms with Gasteiger partial charge in [0.1, 0.15) is 0 Å². The smallest absolute Gasteiger partial charge is 0.203 e. The molecule has 8 heteroatoms. The molecule has 0 saturated carbocycles. The molecule has 6 nitrogen and oxygen atoms in total. The van der Waals surface area contributed by atoms with Crippen LogP contribution < -0.4 is 24.8 Å². The fourth-order valence-electron chi connectivity index (χ4n) is 2.72. The van der Waals surface area contributed by atoms with Gasteiger partial charge in [0.15, 0.2) is 17.5 Å². The van der Waals surface area contributed by atoms with Crippen LogP contribution in [0.15, 0.2) is 41.4 Å². The minimum absolute atomic E-state index is 0. The van der Waals surface area contributed by atoms with E-state index >= 15 is 0 Å². The SMILES string of the molecule is CN=C(NCCc1ccc(OC)c(OC)c1OC)NCc1ccccc1Cl.I. The Morgan fingerprint density at radius 1 is 0.929 bits per heavy atom. The average molecular weight is 520 g/mol. The number of rotatable bonds is 8. The molecule has 0 fully saturated rings. The van der Waals surface area contributed by atoms with E-state index in [0.717, 1.165) is 22.6 Å². The van der Waals surface area contributed by atoms with Crippen molar-refractivity contribution < 1.29 is 14.2 Å². The van der Waals surface area contributed by atoms with Crippen LogP contribution in [0, 0.1) is 0 Å². The van der Waals surface area contributed by atoms with E-state index in [1.807, 2.05) is 36.4 Å². The Morgan fingerprint density at radius 2 is 1.64 bits per heavy atom. The maximum atomic E-state index is 6.19. The van der Waals surface area contributed by atoms with Gasteiger partial charge in [-0.25, -0.2) is 0 Å². The highest BCUT2D eigenvalue weighted by Gasteiger charge is 2.15. The lowest BCUT2D eigenvalue weighted by molar-refractivity contribution is 0.322. The van der Waals surface area contributed by atoms with Crippen LogP contribution in [0.3, 0.4) is 0 Å². The Labute approximate surface area is 188 Å². The number of nitrogens with one attached hydrogen (secondary N) is 2. The third-order valence-corrected chi connectivity index (χ3v) is 4.47. The van der Waals surface area contributed by atoms with Gasteiger partial charge in [-0.15, -0.1) is 24.0 Å². The number of guanidine groups is 1. The fourth-order valence-corrected chi connectivity index (χ4v) is 2.92. The van der Waals surface area contributed by atoms with Crippen LogP contribution in [0.1, 0.15) is 11.1 Å². The zero-order chi connectivity index (χ0) is 19.6. The summed E-state index contributed by atoms with van der Waals surface area (Å²) in [5.41, 5.74) is 2.04. The van der Waals surface area contributed by atoms with Crippen molar-refractivity contribution in [1.82, 2.24) is 10.6 Å². The largest absolute Gasteiger partial charge is 0.493 e. The van der Waals surface area contributed by atoms with Crippen molar-refractivity contribution in [2.45, 2.75) is 13.0 Å². The third-order valence-electron chi connectivity index (χ3n) is 4.10. The molecule has 0 aliphatic rings. The molecule has 2 N–H and O–H groups in total. The van der Waals surface area contributed by atoms with Gasteiger partial charge in [-0.2, -0.15) is 0 Å². The summed E-state index contributed by atoms with van der Waals surface area (Å²) < 4.78 is 16.3. The molecular weight excluding hydrogens is 493 g/mol. The van der Waals surface area contributed by atoms with Crippen LogP contribution in [0.2, 0.25) is 5.02 Å². The van der Waals surface area contributed by atoms with Crippen molar-refractivity contribution in [3.05, 3.63) is 52.5 Å². The Morgan fingerprint density at radius 3 is 2.25 bits per heavy atom. The molecule has 0 aromatic heterocycles. The Bertz CT molecular complexity index is 787. The predicted molar refractivity (Wildman–Crippen MR) is 125 cm³/mol. The number of halogens is 2. The van der Waals surface area contributed by atoms with Crippen molar-refractivity contribution in [3.63, 3.8) is 0 Å². The molecule has 2 aromatic carbocycles. The van der Waals surface area contributed by atoms with Gasteiger partial charge in [0.2, 0.25) is 5.75 Å². The summed E-state index contributed by atoms with van der Waals surface area (Å²) in [5.74, 6) is 2.62. The van der Waals surface area contributed by atoms with Gasteiger partial charge in [0.05, 0.1) is 21.3 Å². The van der Waals surface area contributed by atoms with E-state index in [-0.39, 0.29) is 24.0 Å². The molecule has 0 bridgehead atoms. The second-order valence-electron chi connectivity index (χ2n) is 5.69. The summed E-state index contributed by atoms with van der Waals surface area (Å²) in [7, 11) is 6.56. The molecule has 0 radical (unpaired) electrons. The van der Waals surface area contributed by atoms with Gasteiger partial charge in [-0.1, -0.05) is 35.9 Å². The van der Waals surface area contributed by atoms with Crippen LogP contribution >= 0.6 is 35.6 Å². The molecule has 0 heterocycles. The maximum Gasteiger partial charge on any atom is 0.203 e. The summed E-state index contributed by atoms with van der Waals surface area (Å²) in [6, 6.07) is 11.6. The summed E-state index contributed by atoms with van der Waals surface area (Å²) in [4.78, 5) is 4.24. The Hall–Kier alpha value is -1.87. The first-order chi connectivity index (χ1) is 13.1. The number of ether oxygens (including phenoxy) is 3. The highest BCUT2D eigenvalue weighted by atomic mass is 127. The molecule has 0 atom stereocenters. The van der Waals surface area contributed by atoms with Gasteiger partial charge in [0, 0.05) is 30.7 Å². The number of benzene rings is 2. The molecule has 0 amide bonds. The summed E-state index contributed by atoms with van der Waals surface area (Å²) in [6.07, 6.45) is 0.732. The zero-order valence-electron chi connectivity index (χ0n) is 16.5. The van der Waals surface area contributed by atoms with Gasteiger partial charge in [-0.3, -0.25) is 4.99 Å².